The van der Waals surface area contributed by atoms with Gasteiger partial charge in [-0.2, -0.15) is 0 Å². The third-order valence-corrected chi connectivity index (χ3v) is 11.7. The zero-order valence-corrected chi connectivity index (χ0v) is 34.8. The smallest absolute Gasteiger partial charge is 0.160 e. The van der Waals surface area contributed by atoms with Crippen LogP contribution in [0.3, 0.4) is 0 Å². The Morgan fingerprint density at radius 2 is 1.05 bits per heavy atom. The summed E-state index contributed by atoms with van der Waals surface area (Å²) in [6, 6.07) is 60.8. The van der Waals surface area contributed by atoms with E-state index in [9.17, 15) is 0 Å². The van der Waals surface area contributed by atoms with Gasteiger partial charge in [-0.05, 0) is 79.6 Å². The molecule has 3 aromatic heterocycles. The molecule has 4 nitrogen and oxygen atoms in total. The van der Waals surface area contributed by atoms with Crippen LogP contribution in [0.2, 0.25) is 0 Å². The molecule has 0 spiro atoms. The maximum atomic E-state index is 5.25. The van der Waals surface area contributed by atoms with Crippen LogP contribution in [-0.2, 0) is 0 Å². The summed E-state index contributed by atoms with van der Waals surface area (Å²) in [4.78, 5) is 10.3. The predicted octanol–water partition coefficient (Wildman–Crippen LogP) is 15.4. The second-order valence-corrected chi connectivity index (χ2v) is 15.3. The second kappa shape index (κ2) is 16.2. The van der Waals surface area contributed by atoms with Gasteiger partial charge in [-0.3, -0.25) is 0 Å². The molecule has 0 aliphatic carbocycles. The molecule has 0 fully saturated rings. The number of benzene rings is 7. The minimum atomic E-state index is 0.587. The Bertz CT molecular complexity index is 3390. The fourth-order valence-corrected chi connectivity index (χ4v) is 8.99. The Morgan fingerprint density at radius 3 is 1.65 bits per heavy atom. The molecule has 0 amide bonds. The summed E-state index contributed by atoms with van der Waals surface area (Å²) in [5.41, 5.74) is 15.6. The lowest BCUT2D eigenvalue weighted by Crippen LogP contribution is -2.04. The van der Waals surface area contributed by atoms with Crippen LogP contribution in [0.4, 0.5) is 0 Å². The van der Waals surface area contributed by atoms with Crippen molar-refractivity contribution in [2.75, 3.05) is 0 Å². The number of nitrogens with zero attached hydrogens (tertiary/aromatic N) is 4. The highest BCUT2D eigenvalue weighted by molar-refractivity contribution is 6.13. The van der Waals surface area contributed by atoms with Gasteiger partial charge >= 0.3 is 0 Å². The second-order valence-electron chi connectivity index (χ2n) is 15.3. The van der Waals surface area contributed by atoms with Gasteiger partial charge in [0.15, 0.2) is 5.82 Å². The summed E-state index contributed by atoms with van der Waals surface area (Å²) in [6.07, 6.45) is 12.0. The first kappa shape index (κ1) is 38.1. The number of hydrogen-bond donors (Lipinski definition) is 0. The molecule has 0 saturated heterocycles. The molecule has 10 rings (SSSR count). The zero-order valence-electron chi connectivity index (χ0n) is 34.8. The summed E-state index contributed by atoms with van der Waals surface area (Å²) in [6.45, 7) is 12.3. The fraction of sp³-hybridized carbons (Fsp3) is 0.0345. The quantitative estimate of drug-likeness (QED) is 0.129. The van der Waals surface area contributed by atoms with E-state index in [0.29, 0.717) is 5.82 Å². The summed E-state index contributed by atoms with van der Waals surface area (Å²) in [5.74, 6) is 0.587. The monoisotopic (exact) mass is 796 g/mol. The largest absolute Gasteiger partial charge is 0.309 e. The van der Waals surface area contributed by atoms with Crippen molar-refractivity contribution in [3.63, 3.8) is 0 Å². The van der Waals surface area contributed by atoms with Crippen molar-refractivity contribution in [2.24, 2.45) is 0 Å². The average Bonchev–Trinajstić information content (AvgIpc) is 3.85. The van der Waals surface area contributed by atoms with Crippen molar-refractivity contribution < 1.29 is 0 Å². The molecule has 7 aromatic carbocycles. The molecule has 296 valence electrons. The number of rotatable bonds is 10. The molecule has 0 saturated carbocycles. The van der Waals surface area contributed by atoms with Crippen molar-refractivity contribution >= 4 is 54.8 Å². The average molecular weight is 797 g/mol. The molecule has 62 heavy (non-hydrogen) atoms. The molecule has 0 radical (unpaired) electrons. The van der Waals surface area contributed by atoms with E-state index in [1.807, 2.05) is 24.3 Å². The summed E-state index contributed by atoms with van der Waals surface area (Å²) in [5, 5.41) is 4.86. The normalized spacial score (nSPS) is 12.3. The van der Waals surface area contributed by atoms with Crippen LogP contribution in [0.25, 0.3) is 99.8 Å². The van der Waals surface area contributed by atoms with Gasteiger partial charge in [-0.25, -0.2) is 9.97 Å². The SMILES string of the molecule is C=C/C=C(\C=C)c1nc(-c2ccccc2)cc(-c2cc(C(/C=C\C)=C/C)c(-n3c4ccccc4c4cc(-n5c6ccccc6c6ccccc65)ccc43)c(-c3ccccc3)c2)n1. The standard InChI is InChI=1S/C58H44N4/c1-5-21-39(7-3)48-35-43(52-38-51(42-25-13-10-14-26-42)59-58(60-52)40(8-4)22-6-2)36-49(41-23-11-9-12-24-41)57(48)62-55-32-20-17-29-47(55)50-37-44(33-34-56(50)62)61-53-30-18-15-27-45(53)46-28-16-19-31-54(46)61/h5-38H,2,4H2,1,3H3/b21-5-,39-7+,40-22+. The molecular weight excluding hydrogens is 753 g/mol. The number of fused-ring (bicyclic) bond motifs is 6. The lowest BCUT2D eigenvalue weighted by Gasteiger charge is -2.22. The molecule has 0 aliphatic rings. The number of hydrogen-bond acceptors (Lipinski definition) is 2. The van der Waals surface area contributed by atoms with E-state index in [2.05, 4.69) is 206 Å². The van der Waals surface area contributed by atoms with Gasteiger partial charge in [0, 0.05) is 55.1 Å². The van der Waals surface area contributed by atoms with Gasteiger partial charge in [-0.15, -0.1) is 0 Å². The van der Waals surface area contributed by atoms with Gasteiger partial charge in [0.2, 0.25) is 0 Å². The van der Waals surface area contributed by atoms with Gasteiger partial charge in [0.25, 0.3) is 0 Å². The maximum absolute atomic E-state index is 5.25. The Morgan fingerprint density at radius 1 is 0.500 bits per heavy atom. The van der Waals surface area contributed by atoms with E-state index < -0.39 is 0 Å². The highest BCUT2D eigenvalue weighted by Gasteiger charge is 2.23. The molecular formula is C58H44N4. The number of allylic oxidation sites excluding steroid dienone is 8. The van der Waals surface area contributed by atoms with E-state index in [0.717, 1.165) is 72.8 Å². The minimum Gasteiger partial charge on any atom is -0.309 e. The van der Waals surface area contributed by atoms with E-state index in [-0.39, 0.29) is 0 Å². The van der Waals surface area contributed by atoms with Crippen molar-refractivity contribution in [3.05, 3.63) is 231 Å². The zero-order chi connectivity index (χ0) is 42.2. The van der Waals surface area contributed by atoms with Crippen LogP contribution in [0.5, 0.6) is 0 Å². The van der Waals surface area contributed by atoms with E-state index >= 15 is 0 Å². The van der Waals surface area contributed by atoms with E-state index in [1.54, 1.807) is 12.2 Å². The molecule has 3 heterocycles. The molecule has 0 N–H and O–H groups in total. The molecule has 0 aliphatic heterocycles. The Balaban J connectivity index is 1.29. The minimum absolute atomic E-state index is 0.587. The Labute approximate surface area is 362 Å². The Kier molecular flexibility index (Phi) is 9.95. The van der Waals surface area contributed by atoms with Crippen molar-refractivity contribution in [1.29, 1.82) is 0 Å². The first-order chi connectivity index (χ1) is 30.6. The summed E-state index contributed by atoms with van der Waals surface area (Å²) < 4.78 is 4.87. The topological polar surface area (TPSA) is 35.6 Å². The third kappa shape index (κ3) is 6.50. The van der Waals surface area contributed by atoms with Crippen LogP contribution < -0.4 is 0 Å². The molecule has 0 atom stereocenters. The molecule has 0 bridgehead atoms. The van der Waals surface area contributed by atoms with E-state index in [4.69, 9.17) is 9.97 Å². The highest BCUT2D eigenvalue weighted by Crippen LogP contribution is 2.44. The lowest BCUT2D eigenvalue weighted by atomic mass is 9.91. The first-order valence-electron chi connectivity index (χ1n) is 21.1. The van der Waals surface area contributed by atoms with Crippen LogP contribution in [-0.4, -0.2) is 19.1 Å². The maximum Gasteiger partial charge on any atom is 0.160 e. The predicted molar refractivity (Wildman–Crippen MR) is 264 cm³/mol. The number of aromatic nitrogens is 4. The molecule has 4 heteroatoms. The summed E-state index contributed by atoms with van der Waals surface area (Å²) in [7, 11) is 0. The van der Waals surface area contributed by atoms with Crippen LogP contribution in [0, 0.1) is 0 Å². The fourth-order valence-electron chi connectivity index (χ4n) is 8.99. The first-order valence-corrected chi connectivity index (χ1v) is 21.1. The third-order valence-electron chi connectivity index (χ3n) is 11.7. The van der Waals surface area contributed by atoms with E-state index in [1.165, 1.54) is 32.6 Å². The van der Waals surface area contributed by atoms with Gasteiger partial charge < -0.3 is 9.13 Å². The van der Waals surface area contributed by atoms with Crippen LogP contribution in [0.1, 0.15) is 25.2 Å². The molecule has 10 aromatic rings. The van der Waals surface area contributed by atoms with Crippen molar-refractivity contribution in [1.82, 2.24) is 19.1 Å². The van der Waals surface area contributed by atoms with Crippen molar-refractivity contribution in [2.45, 2.75) is 13.8 Å². The summed E-state index contributed by atoms with van der Waals surface area (Å²) >= 11 is 0. The van der Waals surface area contributed by atoms with Gasteiger partial charge in [0.05, 0.1) is 39.1 Å². The van der Waals surface area contributed by atoms with Crippen LogP contribution in [0.15, 0.2) is 219 Å². The van der Waals surface area contributed by atoms with Gasteiger partial charge in [-0.1, -0.05) is 165 Å². The van der Waals surface area contributed by atoms with Crippen LogP contribution >= 0.6 is 0 Å². The Hall–Kier alpha value is -8.08. The van der Waals surface area contributed by atoms with Gasteiger partial charge in [0.1, 0.15) is 0 Å². The lowest BCUT2D eigenvalue weighted by molar-refractivity contribution is 1.13. The highest BCUT2D eigenvalue weighted by atomic mass is 15.0. The molecule has 0 unspecified atom stereocenters. The number of para-hydroxylation sites is 3. The van der Waals surface area contributed by atoms with Crippen molar-refractivity contribution in [3.8, 4) is 45.0 Å².